The predicted octanol–water partition coefficient (Wildman–Crippen LogP) is 2.72. The zero-order valence-corrected chi connectivity index (χ0v) is 8.13. The Hall–Kier alpha value is -0.940. The number of phenols is 1. The van der Waals surface area contributed by atoms with Crippen molar-refractivity contribution in [3.05, 3.63) is 28.2 Å². The number of aryl methyl sites for hydroxylation is 1. The lowest BCUT2D eigenvalue weighted by atomic mass is 10.1. The second-order valence-corrected chi connectivity index (χ2v) is 3.25. The Kier molecular flexibility index (Phi) is 3.19. The summed E-state index contributed by atoms with van der Waals surface area (Å²) in [4.78, 5) is 0. The van der Waals surface area contributed by atoms with E-state index >= 15 is 0 Å². The molecule has 0 aliphatic carbocycles. The van der Waals surface area contributed by atoms with E-state index in [0.29, 0.717) is 6.42 Å². The molecule has 2 heteroatoms. The van der Waals surface area contributed by atoms with Gasteiger partial charge in [-0.25, -0.2) is 0 Å². The predicted molar refractivity (Wildman–Crippen MR) is 53.0 cm³/mol. The number of aromatic hydroxyl groups is 1. The van der Waals surface area contributed by atoms with Crippen LogP contribution >= 0.6 is 15.9 Å². The van der Waals surface area contributed by atoms with Crippen molar-refractivity contribution in [2.45, 2.75) is 12.8 Å². The molecule has 1 aromatic rings. The highest BCUT2D eigenvalue weighted by atomic mass is 79.9. The minimum Gasteiger partial charge on any atom is -0.507 e. The summed E-state index contributed by atoms with van der Waals surface area (Å²) in [5, 5.41) is 9.30. The van der Waals surface area contributed by atoms with Gasteiger partial charge in [0.25, 0.3) is 0 Å². The van der Waals surface area contributed by atoms with E-state index in [2.05, 4.69) is 21.9 Å². The SMILES string of the molecule is C#CCCc1cccc(O)c1Br. The Morgan fingerprint density at radius 3 is 2.92 bits per heavy atom. The van der Waals surface area contributed by atoms with E-state index in [4.69, 9.17) is 6.42 Å². The fourth-order valence-corrected chi connectivity index (χ4v) is 1.43. The maximum Gasteiger partial charge on any atom is 0.130 e. The fraction of sp³-hybridized carbons (Fsp3) is 0.200. The molecular weight excluding hydrogens is 216 g/mol. The molecule has 0 unspecified atom stereocenters. The number of hydrogen-bond acceptors (Lipinski definition) is 1. The average molecular weight is 225 g/mol. The molecule has 0 fully saturated rings. The van der Waals surface area contributed by atoms with E-state index in [1.54, 1.807) is 6.07 Å². The lowest BCUT2D eigenvalue weighted by molar-refractivity contribution is 0.471. The summed E-state index contributed by atoms with van der Waals surface area (Å²) in [7, 11) is 0. The summed E-state index contributed by atoms with van der Waals surface area (Å²) in [5.41, 5.74) is 1.05. The van der Waals surface area contributed by atoms with Gasteiger partial charge in [0.05, 0.1) is 4.47 Å². The van der Waals surface area contributed by atoms with E-state index in [0.717, 1.165) is 16.5 Å². The van der Waals surface area contributed by atoms with Crippen LogP contribution in [0.4, 0.5) is 0 Å². The van der Waals surface area contributed by atoms with Crippen LogP contribution in [0.25, 0.3) is 0 Å². The van der Waals surface area contributed by atoms with Crippen LogP contribution in [0.3, 0.4) is 0 Å². The maximum absolute atomic E-state index is 9.30. The number of benzene rings is 1. The van der Waals surface area contributed by atoms with Crippen molar-refractivity contribution in [2.24, 2.45) is 0 Å². The first-order valence-corrected chi connectivity index (χ1v) is 4.45. The smallest absolute Gasteiger partial charge is 0.130 e. The molecule has 1 nitrogen and oxygen atoms in total. The first-order valence-electron chi connectivity index (χ1n) is 3.65. The lowest BCUT2D eigenvalue weighted by Gasteiger charge is -2.02. The van der Waals surface area contributed by atoms with Crippen molar-refractivity contribution in [1.29, 1.82) is 0 Å². The van der Waals surface area contributed by atoms with Crippen molar-refractivity contribution < 1.29 is 5.11 Å². The third kappa shape index (κ3) is 2.02. The van der Waals surface area contributed by atoms with Gasteiger partial charge in [0.1, 0.15) is 5.75 Å². The van der Waals surface area contributed by atoms with Gasteiger partial charge in [0, 0.05) is 6.42 Å². The molecule has 1 rings (SSSR count). The molecule has 0 aromatic heterocycles. The number of phenolic OH excluding ortho intramolecular Hbond substituents is 1. The van der Waals surface area contributed by atoms with E-state index in [9.17, 15) is 5.11 Å². The quantitative estimate of drug-likeness (QED) is 0.767. The van der Waals surface area contributed by atoms with Crippen LogP contribution in [-0.2, 0) is 6.42 Å². The molecule has 0 saturated carbocycles. The van der Waals surface area contributed by atoms with Crippen LogP contribution in [0, 0.1) is 12.3 Å². The Balaban J connectivity index is 2.86. The van der Waals surface area contributed by atoms with Gasteiger partial charge in [-0.3, -0.25) is 0 Å². The van der Waals surface area contributed by atoms with Crippen molar-refractivity contribution in [3.63, 3.8) is 0 Å². The van der Waals surface area contributed by atoms with Crippen molar-refractivity contribution >= 4 is 15.9 Å². The molecule has 0 bridgehead atoms. The Morgan fingerprint density at radius 2 is 2.25 bits per heavy atom. The van der Waals surface area contributed by atoms with Gasteiger partial charge in [-0.2, -0.15) is 0 Å². The summed E-state index contributed by atoms with van der Waals surface area (Å²) >= 11 is 3.29. The molecule has 12 heavy (non-hydrogen) atoms. The van der Waals surface area contributed by atoms with Crippen molar-refractivity contribution in [2.75, 3.05) is 0 Å². The molecule has 0 amide bonds. The molecule has 1 N–H and O–H groups in total. The zero-order chi connectivity index (χ0) is 8.97. The van der Waals surface area contributed by atoms with E-state index in [1.807, 2.05) is 12.1 Å². The Morgan fingerprint density at radius 1 is 1.50 bits per heavy atom. The summed E-state index contributed by atoms with van der Waals surface area (Å²) in [5.74, 6) is 2.83. The zero-order valence-electron chi connectivity index (χ0n) is 6.55. The summed E-state index contributed by atoms with van der Waals surface area (Å²) in [6.07, 6.45) is 6.63. The average Bonchev–Trinajstić information content (AvgIpc) is 2.08. The van der Waals surface area contributed by atoms with E-state index in [1.165, 1.54) is 0 Å². The number of rotatable bonds is 2. The standard InChI is InChI=1S/C10H9BrO/c1-2-3-5-8-6-4-7-9(12)10(8)11/h1,4,6-7,12H,3,5H2. The molecule has 62 valence electrons. The van der Waals surface area contributed by atoms with Gasteiger partial charge in [-0.05, 0) is 34.0 Å². The fourth-order valence-electron chi connectivity index (χ4n) is 0.966. The summed E-state index contributed by atoms with van der Waals surface area (Å²) < 4.78 is 0.750. The normalized spacial score (nSPS) is 9.33. The molecule has 0 atom stereocenters. The number of terminal acetylenes is 1. The minimum atomic E-state index is 0.268. The van der Waals surface area contributed by atoms with Gasteiger partial charge in [0.15, 0.2) is 0 Å². The van der Waals surface area contributed by atoms with E-state index < -0.39 is 0 Å². The van der Waals surface area contributed by atoms with Crippen molar-refractivity contribution in [1.82, 2.24) is 0 Å². The van der Waals surface area contributed by atoms with Crippen LogP contribution in [0.1, 0.15) is 12.0 Å². The highest BCUT2D eigenvalue weighted by molar-refractivity contribution is 9.10. The molecule has 0 aliphatic heterocycles. The highest BCUT2D eigenvalue weighted by Crippen LogP contribution is 2.27. The van der Waals surface area contributed by atoms with Crippen LogP contribution < -0.4 is 0 Å². The number of halogens is 1. The number of hydrogen-bond donors (Lipinski definition) is 1. The minimum absolute atomic E-state index is 0.268. The lowest BCUT2D eigenvalue weighted by Crippen LogP contribution is -1.85. The molecule has 0 spiro atoms. The van der Waals surface area contributed by atoms with Gasteiger partial charge in [-0.15, -0.1) is 12.3 Å². The topological polar surface area (TPSA) is 20.2 Å². The molecule has 1 aromatic carbocycles. The van der Waals surface area contributed by atoms with Crippen molar-refractivity contribution in [3.8, 4) is 18.1 Å². The highest BCUT2D eigenvalue weighted by Gasteiger charge is 2.02. The second-order valence-electron chi connectivity index (χ2n) is 2.45. The van der Waals surface area contributed by atoms with Gasteiger partial charge >= 0.3 is 0 Å². The van der Waals surface area contributed by atoms with Crippen LogP contribution in [0.2, 0.25) is 0 Å². The van der Waals surface area contributed by atoms with Crippen LogP contribution in [0.15, 0.2) is 22.7 Å². The molecular formula is C10H9BrO. The van der Waals surface area contributed by atoms with E-state index in [-0.39, 0.29) is 5.75 Å². The molecule has 0 radical (unpaired) electrons. The van der Waals surface area contributed by atoms with Crippen LogP contribution in [-0.4, -0.2) is 5.11 Å². The third-order valence-corrected chi connectivity index (χ3v) is 2.51. The Bertz CT molecular complexity index is 312. The summed E-state index contributed by atoms with van der Waals surface area (Å²) in [6.45, 7) is 0. The first-order chi connectivity index (χ1) is 5.75. The molecule has 0 aliphatic rings. The monoisotopic (exact) mass is 224 g/mol. The molecule has 0 saturated heterocycles. The summed E-state index contributed by atoms with van der Waals surface area (Å²) in [6, 6.07) is 5.40. The maximum atomic E-state index is 9.30. The van der Waals surface area contributed by atoms with Gasteiger partial charge in [0.2, 0.25) is 0 Å². The van der Waals surface area contributed by atoms with Gasteiger partial charge in [-0.1, -0.05) is 12.1 Å². The second kappa shape index (κ2) is 4.18. The first kappa shape index (κ1) is 9.15. The Labute approximate surface area is 80.6 Å². The van der Waals surface area contributed by atoms with Crippen LogP contribution in [0.5, 0.6) is 5.75 Å². The molecule has 0 heterocycles. The third-order valence-electron chi connectivity index (χ3n) is 1.60. The largest absolute Gasteiger partial charge is 0.507 e. The van der Waals surface area contributed by atoms with Gasteiger partial charge < -0.3 is 5.11 Å².